The van der Waals surface area contributed by atoms with Crippen molar-refractivity contribution in [3.8, 4) is 0 Å². The van der Waals surface area contributed by atoms with Crippen molar-refractivity contribution >= 4 is 17.9 Å². The summed E-state index contributed by atoms with van der Waals surface area (Å²) in [7, 11) is 0. The third-order valence-corrected chi connectivity index (χ3v) is 13.8. The Labute approximate surface area is 476 Å². The molecule has 0 rings (SSSR count). The molecule has 1 atom stereocenters. The Morgan fingerprint density at radius 2 is 0.545 bits per heavy atom. The molecule has 0 aliphatic heterocycles. The van der Waals surface area contributed by atoms with Gasteiger partial charge in [0.2, 0.25) is 0 Å². The highest BCUT2D eigenvalue weighted by molar-refractivity contribution is 5.72. The Balaban J connectivity index is 4.29. The molecule has 0 spiro atoms. The maximum absolute atomic E-state index is 12.8. The summed E-state index contributed by atoms with van der Waals surface area (Å²) in [6, 6.07) is 0. The molecule has 6 heteroatoms. The minimum atomic E-state index is -0.832. The first kappa shape index (κ1) is 73.1. The van der Waals surface area contributed by atoms with E-state index < -0.39 is 12.1 Å². The van der Waals surface area contributed by atoms with E-state index in [4.69, 9.17) is 14.2 Å². The molecule has 0 fully saturated rings. The van der Waals surface area contributed by atoms with Crippen LogP contribution in [0.4, 0.5) is 0 Å². The van der Waals surface area contributed by atoms with Gasteiger partial charge in [-0.2, -0.15) is 0 Å². The number of unbranched alkanes of at least 4 members (excludes halogenated alkanes) is 30. The molecule has 0 bridgehead atoms. The molecule has 0 aromatic carbocycles. The van der Waals surface area contributed by atoms with Crippen molar-refractivity contribution < 1.29 is 28.6 Å². The molecular formula is C71H120O6. The van der Waals surface area contributed by atoms with Gasteiger partial charge in [-0.3, -0.25) is 14.4 Å². The number of esters is 3. The number of allylic oxidation sites excluding steroid dienone is 17. The highest BCUT2D eigenvalue weighted by Crippen LogP contribution is 2.17. The predicted molar refractivity (Wildman–Crippen MR) is 334 cm³/mol. The second-order valence-electron chi connectivity index (χ2n) is 21.3. The van der Waals surface area contributed by atoms with Gasteiger partial charge in [-0.1, -0.05) is 310 Å². The van der Waals surface area contributed by atoms with Crippen LogP contribution >= 0.6 is 0 Å². The Kier molecular flexibility index (Phi) is 61.3. The van der Waals surface area contributed by atoms with Crippen molar-refractivity contribution in [3.05, 3.63) is 109 Å². The molecule has 0 saturated carbocycles. The van der Waals surface area contributed by atoms with Crippen molar-refractivity contribution in [3.63, 3.8) is 0 Å². The molecule has 0 N–H and O–H groups in total. The van der Waals surface area contributed by atoms with Crippen molar-refractivity contribution in [2.45, 2.75) is 309 Å². The van der Waals surface area contributed by atoms with E-state index in [-0.39, 0.29) is 31.6 Å². The minimum Gasteiger partial charge on any atom is -0.462 e. The summed E-state index contributed by atoms with van der Waals surface area (Å²) in [4.78, 5) is 38.2. The average molecular weight is 1070 g/mol. The van der Waals surface area contributed by atoms with Crippen LogP contribution in [0.5, 0.6) is 0 Å². The molecule has 1 unspecified atom stereocenters. The fourth-order valence-electron chi connectivity index (χ4n) is 9.04. The monoisotopic (exact) mass is 1070 g/mol. The van der Waals surface area contributed by atoms with Gasteiger partial charge in [0.25, 0.3) is 0 Å². The lowest BCUT2D eigenvalue weighted by molar-refractivity contribution is -0.166. The van der Waals surface area contributed by atoms with E-state index >= 15 is 0 Å². The van der Waals surface area contributed by atoms with E-state index in [2.05, 4.69) is 118 Å². The molecular weight excluding hydrogens is 949 g/mol. The molecule has 0 heterocycles. The fourth-order valence-corrected chi connectivity index (χ4v) is 9.04. The third-order valence-electron chi connectivity index (χ3n) is 13.8. The Morgan fingerprint density at radius 1 is 0.286 bits per heavy atom. The van der Waals surface area contributed by atoms with Crippen LogP contribution in [0.1, 0.15) is 303 Å². The van der Waals surface area contributed by atoms with Crippen molar-refractivity contribution in [1.82, 2.24) is 0 Å². The molecule has 77 heavy (non-hydrogen) atoms. The van der Waals surface area contributed by atoms with Gasteiger partial charge in [-0.25, -0.2) is 0 Å². The summed E-state index contributed by atoms with van der Waals surface area (Å²) in [5.41, 5.74) is 0. The number of ether oxygens (including phenoxy) is 3. The van der Waals surface area contributed by atoms with Crippen LogP contribution in [-0.2, 0) is 28.6 Å². The summed E-state index contributed by atoms with van der Waals surface area (Å²) in [5, 5.41) is 0. The standard InChI is InChI=1S/C71H120O6/c1-4-7-10-13-16-19-22-25-28-29-30-31-32-33-34-35-36-37-38-39-40-41-44-46-49-52-55-58-61-64-70(73)76-67-68(77-71(74)65-62-59-56-53-50-47-43-27-24-21-18-15-12-9-6-3)66-75-69(72)63-60-57-54-51-48-45-42-26-23-20-17-14-11-8-5-2/h7,9-10,12,16,18-19,21,25,27-28,30-31,43,50,53,59,62,68H,4-6,8,11,13-15,17,20,22-24,26,29,32-42,44-49,51-52,54-58,60-61,63-67H2,1-3H3/b10-7-,12-9-,19-16-,21-18-,28-25-,31-30-,43-27-,53-50-,62-59-. The zero-order chi connectivity index (χ0) is 55.7. The smallest absolute Gasteiger partial charge is 0.310 e. The lowest BCUT2D eigenvalue weighted by atomic mass is 10.0. The van der Waals surface area contributed by atoms with Crippen molar-refractivity contribution in [1.29, 1.82) is 0 Å². The van der Waals surface area contributed by atoms with Crippen LogP contribution in [-0.4, -0.2) is 37.2 Å². The minimum absolute atomic E-state index is 0.0976. The van der Waals surface area contributed by atoms with E-state index in [0.717, 1.165) is 96.3 Å². The first-order valence-corrected chi connectivity index (χ1v) is 32.4. The number of hydrogen-bond donors (Lipinski definition) is 0. The Hall–Kier alpha value is -3.93. The van der Waals surface area contributed by atoms with Gasteiger partial charge in [-0.05, 0) is 83.5 Å². The topological polar surface area (TPSA) is 78.9 Å². The zero-order valence-electron chi connectivity index (χ0n) is 50.4. The number of carbonyl (C=O) groups is 3. The summed E-state index contributed by atoms with van der Waals surface area (Å²) in [6.07, 6.45) is 88.5. The number of carbonyl (C=O) groups excluding carboxylic acids is 3. The second-order valence-corrected chi connectivity index (χ2v) is 21.3. The summed E-state index contributed by atoms with van der Waals surface area (Å²) < 4.78 is 16.8. The van der Waals surface area contributed by atoms with E-state index in [1.807, 2.05) is 6.08 Å². The molecule has 0 saturated heterocycles. The maximum atomic E-state index is 12.8. The molecule has 6 nitrogen and oxygen atoms in total. The molecule has 0 aromatic rings. The molecule has 0 aromatic heterocycles. The maximum Gasteiger partial charge on any atom is 0.310 e. The van der Waals surface area contributed by atoms with E-state index in [1.165, 1.54) is 167 Å². The van der Waals surface area contributed by atoms with E-state index in [9.17, 15) is 14.4 Å². The zero-order valence-corrected chi connectivity index (χ0v) is 50.4. The van der Waals surface area contributed by atoms with Gasteiger partial charge < -0.3 is 14.2 Å². The van der Waals surface area contributed by atoms with E-state index in [0.29, 0.717) is 12.8 Å². The summed E-state index contributed by atoms with van der Waals surface area (Å²) >= 11 is 0. The van der Waals surface area contributed by atoms with Crippen LogP contribution in [0.25, 0.3) is 0 Å². The van der Waals surface area contributed by atoms with Crippen LogP contribution in [0, 0.1) is 0 Å². The lowest BCUT2D eigenvalue weighted by Crippen LogP contribution is -2.30. The molecule has 0 radical (unpaired) electrons. The second kappa shape index (κ2) is 64.6. The van der Waals surface area contributed by atoms with Gasteiger partial charge in [0.05, 0.1) is 6.42 Å². The van der Waals surface area contributed by atoms with Crippen LogP contribution in [0.2, 0.25) is 0 Å². The Morgan fingerprint density at radius 3 is 0.857 bits per heavy atom. The van der Waals surface area contributed by atoms with Gasteiger partial charge in [0, 0.05) is 12.8 Å². The van der Waals surface area contributed by atoms with Gasteiger partial charge in [-0.15, -0.1) is 0 Å². The van der Waals surface area contributed by atoms with Crippen molar-refractivity contribution in [2.75, 3.05) is 13.2 Å². The SMILES string of the molecule is CC/C=C\C/C=C\C/C=C\C/C=C\C/C=C\CC(=O)OC(COC(=O)CCCCCCCCCCCCCCCCC)COC(=O)CCCCCCCCCCCCCCCCCC/C=C\C/C=C\C/C=C\C/C=C\CC. The number of rotatable bonds is 58. The molecule has 440 valence electrons. The van der Waals surface area contributed by atoms with Gasteiger partial charge in [0.1, 0.15) is 13.2 Å². The summed E-state index contributed by atoms with van der Waals surface area (Å²) in [6.45, 7) is 6.36. The van der Waals surface area contributed by atoms with Crippen molar-refractivity contribution in [2.24, 2.45) is 0 Å². The van der Waals surface area contributed by atoms with Crippen LogP contribution in [0.3, 0.4) is 0 Å². The molecule has 0 aliphatic carbocycles. The van der Waals surface area contributed by atoms with E-state index in [1.54, 1.807) is 6.08 Å². The van der Waals surface area contributed by atoms with Gasteiger partial charge >= 0.3 is 17.9 Å². The molecule has 0 amide bonds. The first-order valence-electron chi connectivity index (χ1n) is 32.4. The lowest BCUT2D eigenvalue weighted by Gasteiger charge is -2.18. The third kappa shape index (κ3) is 62.8. The highest BCUT2D eigenvalue weighted by Gasteiger charge is 2.19. The fraction of sp³-hybridized carbons (Fsp3) is 0.704. The number of hydrogen-bond acceptors (Lipinski definition) is 6. The van der Waals surface area contributed by atoms with Crippen LogP contribution in [0.15, 0.2) is 109 Å². The summed E-state index contributed by atoms with van der Waals surface area (Å²) in [5.74, 6) is -1.03. The molecule has 0 aliphatic rings. The normalized spacial score (nSPS) is 12.8. The van der Waals surface area contributed by atoms with Crippen LogP contribution < -0.4 is 0 Å². The predicted octanol–water partition coefficient (Wildman–Crippen LogP) is 22.2. The average Bonchev–Trinajstić information content (AvgIpc) is 3.43. The first-order chi connectivity index (χ1) is 38.0. The van der Waals surface area contributed by atoms with Gasteiger partial charge in [0.15, 0.2) is 6.10 Å². The highest BCUT2D eigenvalue weighted by atomic mass is 16.6. The quantitative estimate of drug-likeness (QED) is 0.0261. The largest absolute Gasteiger partial charge is 0.462 e. The Bertz CT molecular complexity index is 1560.